The number of nitrogens with two attached hydrogens (primary N) is 1. The van der Waals surface area contributed by atoms with Gasteiger partial charge < -0.3 is 5.73 Å². The summed E-state index contributed by atoms with van der Waals surface area (Å²) in [5.41, 5.74) is 5.92. The van der Waals surface area contributed by atoms with Crippen molar-refractivity contribution >= 4 is 23.2 Å². The molecule has 0 spiro atoms. The highest BCUT2D eigenvalue weighted by Crippen LogP contribution is 2.16. The van der Waals surface area contributed by atoms with Crippen LogP contribution >= 0.6 is 11.6 Å². The van der Waals surface area contributed by atoms with Gasteiger partial charge in [0.1, 0.15) is 0 Å². The summed E-state index contributed by atoms with van der Waals surface area (Å²) in [6, 6.07) is 1.46. The van der Waals surface area contributed by atoms with Crippen LogP contribution in [0.4, 0.5) is 5.69 Å². The number of anilines is 1. The van der Waals surface area contributed by atoms with Crippen molar-refractivity contribution < 1.29 is 9.63 Å². The van der Waals surface area contributed by atoms with Gasteiger partial charge in [-0.15, -0.1) is 0 Å². The molecule has 1 aromatic heterocycles. The fourth-order valence-electron chi connectivity index (χ4n) is 0.866. The summed E-state index contributed by atoms with van der Waals surface area (Å²) < 4.78 is 0. The molecule has 0 aliphatic rings. The molecule has 76 valence electrons. The molecule has 0 aliphatic carbocycles. The highest BCUT2D eigenvalue weighted by molar-refractivity contribution is 6.30. The molecule has 0 saturated heterocycles. The molecule has 1 heterocycles. The molecule has 0 aliphatic heterocycles. The summed E-state index contributed by atoms with van der Waals surface area (Å²) in [6.07, 6.45) is 1.36. The zero-order valence-electron chi connectivity index (χ0n) is 7.82. The van der Waals surface area contributed by atoms with Crippen molar-refractivity contribution in [2.24, 2.45) is 0 Å². The Kier molecular flexibility index (Phi) is 3.27. The molecule has 0 bridgehead atoms. The molecule has 0 aromatic carbocycles. The maximum atomic E-state index is 11.5. The Morgan fingerprint density at radius 1 is 1.71 bits per heavy atom. The number of hydrogen-bond donors (Lipinski definition) is 1. The lowest BCUT2D eigenvalue weighted by Gasteiger charge is -2.13. The standard InChI is InChI=1S/C8H10ClN3O2/c1-12(14-2)8(13)7-6(10)3-5(9)4-11-7/h3-4H,10H2,1-2H3. The number of carbonyl (C=O) groups is 1. The second kappa shape index (κ2) is 4.26. The summed E-state index contributed by atoms with van der Waals surface area (Å²) in [5, 5.41) is 1.42. The van der Waals surface area contributed by atoms with E-state index in [9.17, 15) is 4.79 Å². The van der Waals surface area contributed by atoms with Crippen molar-refractivity contribution in [3.63, 3.8) is 0 Å². The number of hydroxylamine groups is 2. The Morgan fingerprint density at radius 3 is 2.86 bits per heavy atom. The maximum absolute atomic E-state index is 11.5. The van der Waals surface area contributed by atoms with Crippen molar-refractivity contribution in [3.05, 3.63) is 23.0 Å². The van der Waals surface area contributed by atoms with Gasteiger partial charge in [0.2, 0.25) is 0 Å². The summed E-state index contributed by atoms with van der Waals surface area (Å²) in [6.45, 7) is 0. The van der Waals surface area contributed by atoms with E-state index >= 15 is 0 Å². The summed E-state index contributed by atoms with van der Waals surface area (Å²) in [5.74, 6) is -0.415. The van der Waals surface area contributed by atoms with Crippen molar-refractivity contribution in [1.29, 1.82) is 0 Å². The Balaban J connectivity index is 3.02. The van der Waals surface area contributed by atoms with E-state index in [0.29, 0.717) is 5.02 Å². The number of carbonyl (C=O) groups excluding carboxylic acids is 1. The van der Waals surface area contributed by atoms with Crippen LogP contribution in [0.25, 0.3) is 0 Å². The number of hydrogen-bond acceptors (Lipinski definition) is 4. The van der Waals surface area contributed by atoms with E-state index in [2.05, 4.69) is 4.98 Å². The molecule has 5 nitrogen and oxygen atoms in total. The third kappa shape index (κ3) is 2.12. The Labute approximate surface area is 86.4 Å². The van der Waals surface area contributed by atoms with Crippen LogP contribution in [0.2, 0.25) is 5.02 Å². The number of amides is 1. The lowest BCUT2D eigenvalue weighted by atomic mass is 10.3. The first-order chi connectivity index (χ1) is 6.56. The predicted octanol–water partition coefficient (Wildman–Crippen LogP) is 0.951. The number of rotatable bonds is 2. The van der Waals surface area contributed by atoms with Crippen LogP contribution in [0.1, 0.15) is 10.5 Å². The number of nitrogen functional groups attached to an aromatic ring is 1. The Hall–Kier alpha value is -1.33. The number of aromatic nitrogens is 1. The molecule has 6 heteroatoms. The molecular formula is C8H10ClN3O2. The summed E-state index contributed by atoms with van der Waals surface area (Å²) in [7, 11) is 2.85. The normalized spacial score (nSPS) is 9.93. The van der Waals surface area contributed by atoms with Crippen LogP contribution in [-0.2, 0) is 4.84 Å². The number of halogens is 1. The van der Waals surface area contributed by atoms with Gasteiger partial charge in [-0.25, -0.2) is 10.0 Å². The minimum atomic E-state index is -0.415. The highest BCUT2D eigenvalue weighted by atomic mass is 35.5. The molecule has 14 heavy (non-hydrogen) atoms. The van der Waals surface area contributed by atoms with E-state index in [0.717, 1.165) is 5.06 Å². The van der Waals surface area contributed by atoms with Gasteiger partial charge in [0.25, 0.3) is 5.91 Å². The lowest BCUT2D eigenvalue weighted by Crippen LogP contribution is -2.27. The topological polar surface area (TPSA) is 68.5 Å². The van der Waals surface area contributed by atoms with Crippen LogP contribution in [0, 0.1) is 0 Å². The van der Waals surface area contributed by atoms with E-state index in [-0.39, 0.29) is 11.4 Å². The lowest BCUT2D eigenvalue weighted by molar-refractivity contribution is -0.0759. The zero-order valence-corrected chi connectivity index (χ0v) is 8.58. The molecule has 1 amide bonds. The molecule has 0 saturated carbocycles. The van der Waals surface area contributed by atoms with Crippen LogP contribution in [0.15, 0.2) is 12.3 Å². The zero-order chi connectivity index (χ0) is 10.7. The second-order valence-corrected chi connectivity index (χ2v) is 3.01. The highest BCUT2D eigenvalue weighted by Gasteiger charge is 2.16. The first kappa shape index (κ1) is 10.7. The van der Waals surface area contributed by atoms with Gasteiger partial charge in [0.15, 0.2) is 5.69 Å². The monoisotopic (exact) mass is 215 g/mol. The molecule has 0 atom stereocenters. The molecular weight excluding hydrogens is 206 g/mol. The molecule has 0 radical (unpaired) electrons. The summed E-state index contributed by atoms with van der Waals surface area (Å²) >= 11 is 5.64. The van der Waals surface area contributed by atoms with Gasteiger partial charge in [-0.05, 0) is 6.07 Å². The van der Waals surface area contributed by atoms with Crippen LogP contribution in [0.5, 0.6) is 0 Å². The smallest absolute Gasteiger partial charge is 0.297 e. The van der Waals surface area contributed by atoms with Gasteiger partial charge in [0.05, 0.1) is 17.8 Å². The van der Waals surface area contributed by atoms with E-state index in [1.54, 1.807) is 0 Å². The molecule has 2 N–H and O–H groups in total. The van der Waals surface area contributed by atoms with Crippen LogP contribution in [-0.4, -0.2) is 30.1 Å². The van der Waals surface area contributed by atoms with Crippen molar-refractivity contribution in [1.82, 2.24) is 10.0 Å². The first-order valence-corrected chi connectivity index (χ1v) is 4.17. The fourth-order valence-corrected chi connectivity index (χ4v) is 1.03. The SMILES string of the molecule is CON(C)C(=O)c1ncc(Cl)cc1N. The van der Waals surface area contributed by atoms with Crippen molar-refractivity contribution in [2.45, 2.75) is 0 Å². The van der Waals surface area contributed by atoms with E-state index in [1.165, 1.54) is 26.4 Å². The quantitative estimate of drug-likeness (QED) is 0.746. The third-order valence-corrected chi connectivity index (χ3v) is 1.85. The number of nitrogens with zero attached hydrogens (tertiary/aromatic N) is 2. The number of pyridine rings is 1. The van der Waals surface area contributed by atoms with Gasteiger partial charge in [-0.3, -0.25) is 9.63 Å². The van der Waals surface area contributed by atoms with E-state index in [1.807, 2.05) is 0 Å². The van der Waals surface area contributed by atoms with Gasteiger partial charge in [-0.2, -0.15) is 0 Å². The Morgan fingerprint density at radius 2 is 2.36 bits per heavy atom. The average Bonchev–Trinajstić information content (AvgIpc) is 2.15. The van der Waals surface area contributed by atoms with Gasteiger partial charge >= 0.3 is 0 Å². The molecule has 1 rings (SSSR count). The summed E-state index contributed by atoms with van der Waals surface area (Å²) in [4.78, 5) is 20.0. The molecule has 0 fully saturated rings. The molecule has 1 aromatic rings. The van der Waals surface area contributed by atoms with Crippen molar-refractivity contribution in [3.8, 4) is 0 Å². The van der Waals surface area contributed by atoms with Crippen molar-refractivity contribution in [2.75, 3.05) is 19.9 Å². The van der Waals surface area contributed by atoms with E-state index < -0.39 is 5.91 Å². The predicted molar refractivity (Wildman–Crippen MR) is 52.8 cm³/mol. The second-order valence-electron chi connectivity index (χ2n) is 2.58. The average molecular weight is 216 g/mol. The first-order valence-electron chi connectivity index (χ1n) is 3.79. The van der Waals surface area contributed by atoms with Crippen LogP contribution < -0.4 is 5.73 Å². The van der Waals surface area contributed by atoms with E-state index in [4.69, 9.17) is 22.2 Å². The van der Waals surface area contributed by atoms with Crippen LogP contribution in [0.3, 0.4) is 0 Å². The maximum Gasteiger partial charge on any atom is 0.297 e. The minimum absolute atomic E-state index is 0.124. The largest absolute Gasteiger partial charge is 0.397 e. The fraction of sp³-hybridized carbons (Fsp3) is 0.250. The third-order valence-electron chi connectivity index (χ3n) is 1.65. The minimum Gasteiger partial charge on any atom is -0.397 e. The molecule has 0 unspecified atom stereocenters. The Bertz CT molecular complexity index is 356. The van der Waals surface area contributed by atoms with Gasteiger partial charge in [0, 0.05) is 13.2 Å². The van der Waals surface area contributed by atoms with Gasteiger partial charge in [-0.1, -0.05) is 11.6 Å².